The topological polar surface area (TPSA) is 99.7 Å². The fourth-order valence-electron chi connectivity index (χ4n) is 5.38. The Hall–Kier alpha value is -4.04. The van der Waals surface area contributed by atoms with Crippen LogP contribution in [0.4, 0.5) is 21.2 Å². The Bertz CT molecular complexity index is 1570. The molecule has 0 amide bonds. The highest BCUT2D eigenvalue weighted by Crippen LogP contribution is 2.38. The summed E-state index contributed by atoms with van der Waals surface area (Å²) in [6.07, 6.45) is 3.69. The van der Waals surface area contributed by atoms with E-state index in [1.165, 1.54) is 23.5 Å². The van der Waals surface area contributed by atoms with Gasteiger partial charge in [-0.25, -0.2) is 14.4 Å². The Kier molecular flexibility index (Phi) is 5.99. The number of aromatic nitrogens is 4. The molecule has 2 saturated heterocycles. The third-order valence-electron chi connectivity index (χ3n) is 7.26. The van der Waals surface area contributed by atoms with Gasteiger partial charge in [-0.05, 0) is 62.1 Å². The van der Waals surface area contributed by atoms with Gasteiger partial charge in [-0.2, -0.15) is 9.78 Å². The number of fused-ring (bicyclic) bond motifs is 1. The van der Waals surface area contributed by atoms with Crippen molar-refractivity contribution in [3.63, 3.8) is 0 Å². The fraction of sp³-hybridized carbons (Fsp3) is 0.370. The standard InChI is InChI=1S/C27H26FN7O2S/c1-3-19-25(33(2)26-31-24(20(15-29)38-26)17-5-7-18(28)8-6-17)35-21(30-19)9-10-22(32-35)34-14-4-12-27(16-34)13-11-23(36)37-27/h5-10H,3-4,11-14,16H2,1-2H3. The van der Waals surface area contributed by atoms with Gasteiger partial charge in [0.1, 0.15) is 33.9 Å². The van der Waals surface area contributed by atoms with Crippen LogP contribution in [0.1, 0.15) is 43.2 Å². The van der Waals surface area contributed by atoms with E-state index in [0.29, 0.717) is 46.3 Å². The van der Waals surface area contributed by atoms with E-state index in [9.17, 15) is 14.4 Å². The molecule has 1 aromatic carbocycles. The van der Waals surface area contributed by atoms with Crippen LogP contribution in [0.25, 0.3) is 16.9 Å². The first kappa shape index (κ1) is 24.3. The molecule has 194 valence electrons. The zero-order chi connectivity index (χ0) is 26.4. The lowest BCUT2D eigenvalue weighted by Gasteiger charge is -2.39. The summed E-state index contributed by atoms with van der Waals surface area (Å²) in [5, 5.41) is 15.4. The van der Waals surface area contributed by atoms with Crippen LogP contribution in [0, 0.1) is 17.1 Å². The summed E-state index contributed by atoms with van der Waals surface area (Å²) in [6, 6.07) is 12.1. The van der Waals surface area contributed by atoms with E-state index in [4.69, 9.17) is 19.8 Å². The lowest BCUT2D eigenvalue weighted by molar-refractivity contribution is -0.148. The van der Waals surface area contributed by atoms with E-state index in [-0.39, 0.29) is 11.8 Å². The normalized spacial score (nSPS) is 19.2. The number of carbonyl (C=O) groups is 1. The van der Waals surface area contributed by atoms with Gasteiger partial charge in [0.2, 0.25) is 0 Å². The van der Waals surface area contributed by atoms with Crippen molar-refractivity contribution in [3.8, 4) is 17.3 Å². The van der Waals surface area contributed by atoms with Crippen LogP contribution in [-0.2, 0) is 16.0 Å². The van der Waals surface area contributed by atoms with Gasteiger partial charge < -0.3 is 14.5 Å². The van der Waals surface area contributed by atoms with Crippen molar-refractivity contribution in [1.82, 2.24) is 19.6 Å². The minimum atomic E-state index is -0.430. The van der Waals surface area contributed by atoms with E-state index in [0.717, 1.165) is 43.1 Å². The molecule has 0 aliphatic carbocycles. The summed E-state index contributed by atoms with van der Waals surface area (Å²) in [5.74, 6) is 1.10. The highest BCUT2D eigenvalue weighted by atomic mass is 32.1. The monoisotopic (exact) mass is 531 g/mol. The second-order valence-electron chi connectivity index (χ2n) is 9.73. The molecule has 3 aromatic heterocycles. The van der Waals surface area contributed by atoms with E-state index in [2.05, 4.69) is 11.0 Å². The molecule has 0 radical (unpaired) electrons. The van der Waals surface area contributed by atoms with Gasteiger partial charge >= 0.3 is 5.97 Å². The molecule has 1 spiro atoms. The minimum absolute atomic E-state index is 0.124. The number of anilines is 3. The number of esters is 1. The molecule has 11 heteroatoms. The van der Waals surface area contributed by atoms with E-state index < -0.39 is 5.60 Å². The number of nitriles is 1. The number of benzene rings is 1. The number of hydrogen-bond acceptors (Lipinski definition) is 9. The predicted molar refractivity (Wildman–Crippen MR) is 142 cm³/mol. The van der Waals surface area contributed by atoms with Crippen molar-refractivity contribution in [1.29, 1.82) is 5.26 Å². The maximum Gasteiger partial charge on any atom is 0.306 e. The third kappa shape index (κ3) is 4.15. The number of rotatable bonds is 5. The number of imidazole rings is 1. The second kappa shape index (κ2) is 9.36. The molecule has 0 saturated carbocycles. The molecule has 2 aliphatic rings. The minimum Gasteiger partial charge on any atom is -0.457 e. The Morgan fingerprint density at radius 2 is 2.03 bits per heavy atom. The lowest BCUT2D eigenvalue weighted by Crippen LogP contribution is -2.48. The quantitative estimate of drug-likeness (QED) is 0.336. The Morgan fingerprint density at radius 1 is 1.21 bits per heavy atom. The van der Waals surface area contributed by atoms with Gasteiger partial charge in [0.15, 0.2) is 16.6 Å². The maximum atomic E-state index is 13.5. The average molecular weight is 532 g/mol. The molecule has 9 nitrogen and oxygen atoms in total. The smallest absolute Gasteiger partial charge is 0.306 e. The molecule has 1 unspecified atom stereocenters. The van der Waals surface area contributed by atoms with Gasteiger partial charge in [0.25, 0.3) is 0 Å². The van der Waals surface area contributed by atoms with Crippen molar-refractivity contribution in [2.45, 2.75) is 44.6 Å². The van der Waals surface area contributed by atoms with Gasteiger partial charge in [0, 0.05) is 25.6 Å². The van der Waals surface area contributed by atoms with Crippen molar-refractivity contribution in [2.24, 2.45) is 0 Å². The van der Waals surface area contributed by atoms with Gasteiger partial charge in [-0.3, -0.25) is 4.79 Å². The Balaban J connectivity index is 1.38. The van der Waals surface area contributed by atoms with Crippen LogP contribution in [0.15, 0.2) is 36.4 Å². The SMILES string of the molecule is CCc1nc2ccc(N3CCCC4(CCC(=O)O4)C3)nn2c1N(C)c1nc(-c2ccc(F)cc2)c(C#N)s1. The van der Waals surface area contributed by atoms with Crippen LogP contribution in [-0.4, -0.2) is 51.3 Å². The summed E-state index contributed by atoms with van der Waals surface area (Å²) < 4.78 is 21.0. The van der Waals surface area contributed by atoms with E-state index >= 15 is 0 Å². The van der Waals surface area contributed by atoms with Crippen molar-refractivity contribution >= 4 is 39.7 Å². The summed E-state index contributed by atoms with van der Waals surface area (Å²) in [7, 11) is 1.89. The molecule has 0 N–H and O–H groups in total. The number of carbonyl (C=O) groups excluding carboxylic acids is 1. The molecule has 2 fully saturated rings. The molecule has 0 bridgehead atoms. The van der Waals surface area contributed by atoms with Crippen LogP contribution < -0.4 is 9.80 Å². The molecule has 6 rings (SSSR count). The molecule has 1 atom stereocenters. The largest absolute Gasteiger partial charge is 0.457 e. The van der Waals surface area contributed by atoms with Crippen LogP contribution in [0.3, 0.4) is 0 Å². The van der Waals surface area contributed by atoms with Gasteiger partial charge in [-0.1, -0.05) is 18.3 Å². The first-order chi connectivity index (χ1) is 18.4. The summed E-state index contributed by atoms with van der Waals surface area (Å²) in [6.45, 7) is 3.49. The first-order valence-corrected chi connectivity index (χ1v) is 13.5. The summed E-state index contributed by atoms with van der Waals surface area (Å²) in [4.78, 5) is 26.0. The van der Waals surface area contributed by atoms with Crippen LogP contribution in [0.5, 0.6) is 0 Å². The zero-order valence-electron chi connectivity index (χ0n) is 21.1. The number of aryl methyl sites for hydroxylation is 1. The van der Waals surface area contributed by atoms with Crippen LogP contribution in [0.2, 0.25) is 0 Å². The van der Waals surface area contributed by atoms with Crippen molar-refractivity contribution in [3.05, 3.63) is 52.8 Å². The first-order valence-electron chi connectivity index (χ1n) is 12.7. The van der Waals surface area contributed by atoms with Crippen molar-refractivity contribution < 1.29 is 13.9 Å². The number of ether oxygens (including phenoxy) is 1. The van der Waals surface area contributed by atoms with Gasteiger partial charge in [0.05, 0.1) is 12.2 Å². The third-order valence-corrected chi connectivity index (χ3v) is 8.30. The lowest BCUT2D eigenvalue weighted by atomic mass is 9.90. The number of piperidine rings is 1. The molecule has 38 heavy (non-hydrogen) atoms. The molecule has 4 aromatic rings. The summed E-state index contributed by atoms with van der Waals surface area (Å²) in [5.41, 5.74) is 2.33. The molecular weight excluding hydrogens is 505 g/mol. The number of nitrogens with zero attached hydrogens (tertiary/aromatic N) is 7. The Labute approximate surface area is 223 Å². The zero-order valence-corrected chi connectivity index (χ0v) is 22.0. The fourth-order valence-corrected chi connectivity index (χ4v) is 6.22. The van der Waals surface area contributed by atoms with E-state index in [1.54, 1.807) is 12.1 Å². The Morgan fingerprint density at radius 3 is 2.74 bits per heavy atom. The molecule has 5 heterocycles. The highest BCUT2D eigenvalue weighted by Gasteiger charge is 2.44. The van der Waals surface area contributed by atoms with Crippen molar-refractivity contribution in [2.75, 3.05) is 29.9 Å². The summed E-state index contributed by atoms with van der Waals surface area (Å²) >= 11 is 1.27. The van der Waals surface area contributed by atoms with Gasteiger partial charge in [-0.15, -0.1) is 5.10 Å². The van der Waals surface area contributed by atoms with Crippen LogP contribution >= 0.6 is 11.3 Å². The predicted octanol–water partition coefficient (Wildman–Crippen LogP) is 4.87. The average Bonchev–Trinajstić information content (AvgIpc) is 3.63. The second-order valence-corrected chi connectivity index (χ2v) is 10.7. The maximum absolute atomic E-state index is 13.5. The highest BCUT2D eigenvalue weighted by molar-refractivity contribution is 7.16. The number of hydrogen-bond donors (Lipinski definition) is 0. The number of thiazole rings is 1. The van der Waals surface area contributed by atoms with E-state index in [1.807, 2.05) is 35.5 Å². The number of halogens is 1. The molecule has 2 aliphatic heterocycles. The molecular formula is C27H26FN7O2S.